The van der Waals surface area contributed by atoms with Crippen LogP contribution in [-0.2, 0) is 11.2 Å². The average molecular weight is 235 g/mol. The predicted molar refractivity (Wildman–Crippen MR) is 60.9 cm³/mol. The fourth-order valence-corrected chi connectivity index (χ4v) is 1.70. The van der Waals surface area contributed by atoms with Crippen LogP contribution >= 0.6 is 0 Å². The zero-order valence-corrected chi connectivity index (χ0v) is 9.12. The molecule has 0 bridgehead atoms. The van der Waals surface area contributed by atoms with Crippen LogP contribution in [0.1, 0.15) is 18.4 Å². The van der Waals surface area contributed by atoms with Gasteiger partial charge in [0.2, 0.25) is 0 Å². The number of rotatable bonds is 3. The molecule has 0 radical (unpaired) electrons. The van der Waals surface area contributed by atoms with Crippen molar-refractivity contribution < 1.29 is 13.6 Å². The number of aliphatic imine (C=N–C) groups is 1. The maximum Gasteiger partial charge on any atom is 0.162 e. The zero-order valence-electron chi connectivity index (χ0n) is 9.12. The molecule has 1 aliphatic heterocycles. The number of aryl methyl sites for hydroxylation is 1. The molecule has 1 aromatic rings. The number of halogens is 2. The number of hydrogen-bond donors (Lipinski definition) is 0. The van der Waals surface area contributed by atoms with Crippen molar-refractivity contribution in [2.24, 2.45) is 4.99 Å². The van der Waals surface area contributed by atoms with Gasteiger partial charge in [-0.3, -0.25) is 9.79 Å². The minimum absolute atomic E-state index is 0.00489. The lowest BCUT2D eigenvalue weighted by Crippen LogP contribution is -2.10. The summed E-state index contributed by atoms with van der Waals surface area (Å²) in [5.41, 5.74) is 1.02. The molecule has 0 amide bonds. The molecule has 0 spiro atoms. The first-order valence-electron chi connectivity index (χ1n) is 5.34. The highest BCUT2D eigenvalue weighted by atomic mass is 19.2. The van der Waals surface area contributed by atoms with Gasteiger partial charge in [0.05, 0.1) is 0 Å². The monoisotopic (exact) mass is 235 g/mol. The van der Waals surface area contributed by atoms with Gasteiger partial charge in [-0.15, -0.1) is 0 Å². The first-order valence-corrected chi connectivity index (χ1v) is 5.34. The molecule has 0 saturated carbocycles. The molecule has 0 N–H and O–H groups in total. The Balaban J connectivity index is 2.03. The van der Waals surface area contributed by atoms with E-state index < -0.39 is 11.6 Å². The van der Waals surface area contributed by atoms with Gasteiger partial charge >= 0.3 is 0 Å². The molecule has 1 heterocycles. The van der Waals surface area contributed by atoms with E-state index in [0.29, 0.717) is 24.1 Å². The van der Waals surface area contributed by atoms with E-state index in [1.165, 1.54) is 18.3 Å². The van der Waals surface area contributed by atoms with Gasteiger partial charge in [0.25, 0.3) is 0 Å². The Morgan fingerprint density at radius 1 is 1.24 bits per heavy atom. The SMILES string of the molecule is O=C1C=CN=C(CCc2cccc(F)c2F)C1. The quantitative estimate of drug-likeness (QED) is 0.792. The van der Waals surface area contributed by atoms with Gasteiger partial charge in [-0.1, -0.05) is 12.1 Å². The van der Waals surface area contributed by atoms with Crippen LogP contribution in [-0.4, -0.2) is 11.5 Å². The minimum Gasteiger partial charge on any atom is -0.294 e. The number of benzene rings is 1. The fraction of sp³-hybridized carbons (Fsp3) is 0.231. The molecule has 0 unspecified atom stereocenters. The number of ketones is 1. The molecule has 17 heavy (non-hydrogen) atoms. The van der Waals surface area contributed by atoms with Crippen molar-refractivity contribution in [2.45, 2.75) is 19.3 Å². The van der Waals surface area contributed by atoms with Crippen LogP contribution in [0, 0.1) is 11.6 Å². The highest BCUT2D eigenvalue weighted by molar-refractivity contribution is 6.08. The number of hydrogen-bond acceptors (Lipinski definition) is 2. The maximum absolute atomic E-state index is 13.3. The van der Waals surface area contributed by atoms with Crippen molar-refractivity contribution in [1.29, 1.82) is 0 Å². The smallest absolute Gasteiger partial charge is 0.162 e. The number of carbonyl (C=O) groups is 1. The maximum atomic E-state index is 13.3. The van der Waals surface area contributed by atoms with Crippen molar-refractivity contribution in [2.75, 3.05) is 0 Å². The molecule has 0 aromatic heterocycles. The summed E-state index contributed by atoms with van der Waals surface area (Å²) in [6.07, 6.45) is 3.95. The van der Waals surface area contributed by atoms with Crippen LogP contribution in [0.15, 0.2) is 35.5 Å². The highest BCUT2D eigenvalue weighted by Gasteiger charge is 2.11. The first-order chi connectivity index (χ1) is 8.16. The van der Waals surface area contributed by atoms with Crippen LogP contribution in [0.5, 0.6) is 0 Å². The van der Waals surface area contributed by atoms with E-state index in [1.807, 2.05) is 0 Å². The molecular weight excluding hydrogens is 224 g/mol. The summed E-state index contributed by atoms with van der Waals surface area (Å²) in [5, 5.41) is 0. The van der Waals surface area contributed by atoms with Crippen molar-refractivity contribution in [1.82, 2.24) is 0 Å². The van der Waals surface area contributed by atoms with E-state index >= 15 is 0 Å². The number of carbonyl (C=O) groups excluding carboxylic acids is 1. The lowest BCUT2D eigenvalue weighted by atomic mass is 10.0. The fourth-order valence-electron chi connectivity index (χ4n) is 1.70. The highest BCUT2D eigenvalue weighted by Crippen LogP contribution is 2.14. The van der Waals surface area contributed by atoms with Gasteiger partial charge in [-0.25, -0.2) is 8.78 Å². The first kappa shape index (κ1) is 11.6. The van der Waals surface area contributed by atoms with Crippen molar-refractivity contribution in [3.05, 3.63) is 47.7 Å². The summed E-state index contributed by atoms with van der Waals surface area (Å²) in [7, 11) is 0. The summed E-state index contributed by atoms with van der Waals surface area (Å²) >= 11 is 0. The van der Waals surface area contributed by atoms with Crippen LogP contribution in [0.4, 0.5) is 8.78 Å². The molecule has 2 rings (SSSR count). The van der Waals surface area contributed by atoms with E-state index in [2.05, 4.69) is 4.99 Å². The standard InChI is InChI=1S/C13H11F2NO/c14-12-3-1-2-9(13(12)15)4-5-10-8-11(17)6-7-16-10/h1-3,6-7H,4-5,8H2. The molecule has 1 aliphatic rings. The average Bonchev–Trinajstić information content (AvgIpc) is 2.31. The van der Waals surface area contributed by atoms with Crippen LogP contribution in [0.2, 0.25) is 0 Å². The Bertz CT molecular complexity index is 506. The summed E-state index contributed by atoms with van der Waals surface area (Å²) in [5.74, 6) is -1.66. The Labute approximate surface area is 97.7 Å². The van der Waals surface area contributed by atoms with E-state index in [9.17, 15) is 13.6 Å². The molecular formula is C13H11F2NO. The van der Waals surface area contributed by atoms with E-state index in [-0.39, 0.29) is 12.2 Å². The van der Waals surface area contributed by atoms with Gasteiger partial charge in [-0.2, -0.15) is 0 Å². The second kappa shape index (κ2) is 4.99. The van der Waals surface area contributed by atoms with E-state index in [1.54, 1.807) is 6.07 Å². The van der Waals surface area contributed by atoms with Crippen LogP contribution in [0.25, 0.3) is 0 Å². The lowest BCUT2D eigenvalue weighted by Gasteiger charge is -2.07. The minimum atomic E-state index is -0.843. The predicted octanol–water partition coefficient (Wildman–Crippen LogP) is 2.82. The van der Waals surface area contributed by atoms with Gasteiger partial charge < -0.3 is 0 Å². The third-order valence-corrected chi connectivity index (χ3v) is 2.61. The van der Waals surface area contributed by atoms with Gasteiger partial charge in [0.1, 0.15) is 0 Å². The Morgan fingerprint density at radius 3 is 2.82 bits per heavy atom. The molecule has 4 heteroatoms. The van der Waals surface area contributed by atoms with Gasteiger partial charge in [0.15, 0.2) is 17.4 Å². The number of allylic oxidation sites excluding steroid dienone is 1. The van der Waals surface area contributed by atoms with E-state index in [0.717, 1.165) is 6.07 Å². The lowest BCUT2D eigenvalue weighted by molar-refractivity contribution is -0.113. The molecule has 1 aromatic carbocycles. The Hall–Kier alpha value is -1.84. The summed E-state index contributed by atoms with van der Waals surface area (Å²) in [4.78, 5) is 15.2. The third kappa shape index (κ3) is 2.84. The Morgan fingerprint density at radius 2 is 2.06 bits per heavy atom. The largest absolute Gasteiger partial charge is 0.294 e. The summed E-state index contributed by atoms with van der Waals surface area (Å²) in [6.45, 7) is 0. The second-order valence-corrected chi connectivity index (χ2v) is 3.87. The summed E-state index contributed by atoms with van der Waals surface area (Å²) < 4.78 is 26.3. The second-order valence-electron chi connectivity index (χ2n) is 3.87. The van der Waals surface area contributed by atoms with Gasteiger partial charge in [-0.05, 0) is 30.5 Å². The zero-order chi connectivity index (χ0) is 12.3. The molecule has 0 saturated heterocycles. The summed E-state index contributed by atoms with van der Waals surface area (Å²) in [6, 6.07) is 4.10. The number of nitrogens with zero attached hydrogens (tertiary/aromatic N) is 1. The van der Waals surface area contributed by atoms with Crippen molar-refractivity contribution in [3.63, 3.8) is 0 Å². The van der Waals surface area contributed by atoms with Gasteiger partial charge in [0, 0.05) is 18.3 Å². The molecule has 0 aliphatic carbocycles. The molecule has 0 atom stereocenters. The van der Waals surface area contributed by atoms with E-state index in [4.69, 9.17) is 0 Å². The molecule has 2 nitrogen and oxygen atoms in total. The third-order valence-electron chi connectivity index (χ3n) is 2.61. The van der Waals surface area contributed by atoms with Crippen LogP contribution < -0.4 is 0 Å². The topological polar surface area (TPSA) is 29.4 Å². The van der Waals surface area contributed by atoms with Crippen molar-refractivity contribution in [3.8, 4) is 0 Å². The normalized spacial score (nSPS) is 14.9. The molecule has 88 valence electrons. The van der Waals surface area contributed by atoms with Crippen molar-refractivity contribution >= 4 is 11.5 Å². The van der Waals surface area contributed by atoms with Crippen LogP contribution in [0.3, 0.4) is 0 Å². The Kier molecular flexibility index (Phi) is 3.42. The molecule has 0 fully saturated rings.